The lowest BCUT2D eigenvalue weighted by atomic mass is 10.1. The van der Waals surface area contributed by atoms with E-state index in [0.717, 1.165) is 16.9 Å². The van der Waals surface area contributed by atoms with Gasteiger partial charge in [0.05, 0.1) is 7.11 Å². The smallest absolute Gasteiger partial charge is 0.270 e. The van der Waals surface area contributed by atoms with Gasteiger partial charge in [-0.05, 0) is 35.7 Å². The molecule has 7 nitrogen and oxygen atoms in total. The highest BCUT2D eigenvalue weighted by molar-refractivity contribution is 5.92. The molecular formula is C20H21N5O2. The Labute approximate surface area is 157 Å². The number of nitrogens with one attached hydrogen (secondary N) is 2. The molecule has 2 heterocycles. The van der Waals surface area contributed by atoms with Gasteiger partial charge in [-0.1, -0.05) is 18.2 Å². The zero-order valence-corrected chi connectivity index (χ0v) is 15.1. The van der Waals surface area contributed by atoms with Crippen LogP contribution in [-0.4, -0.2) is 34.5 Å². The molecule has 3 rings (SSSR count). The number of pyridine rings is 1. The largest absolute Gasteiger partial charge is 0.496 e. The predicted molar refractivity (Wildman–Crippen MR) is 103 cm³/mol. The van der Waals surface area contributed by atoms with Crippen LogP contribution in [0.15, 0.2) is 61.2 Å². The van der Waals surface area contributed by atoms with Crippen molar-refractivity contribution < 1.29 is 9.53 Å². The lowest BCUT2D eigenvalue weighted by Crippen LogP contribution is -2.26. The van der Waals surface area contributed by atoms with E-state index in [9.17, 15) is 4.79 Å². The third-order valence-electron chi connectivity index (χ3n) is 4.00. The van der Waals surface area contributed by atoms with Crippen molar-refractivity contribution in [3.63, 3.8) is 0 Å². The van der Waals surface area contributed by atoms with Gasteiger partial charge < -0.3 is 15.4 Å². The van der Waals surface area contributed by atoms with E-state index < -0.39 is 0 Å². The SMILES string of the molecule is COc1ccccc1CCNC(=O)c1cc(NCc2ccncc2)ncn1. The van der Waals surface area contributed by atoms with E-state index in [1.165, 1.54) is 6.33 Å². The Morgan fingerprint density at radius 2 is 1.93 bits per heavy atom. The fourth-order valence-corrected chi connectivity index (χ4v) is 2.58. The van der Waals surface area contributed by atoms with Gasteiger partial charge in [-0.3, -0.25) is 9.78 Å². The number of ether oxygens (including phenoxy) is 1. The summed E-state index contributed by atoms with van der Waals surface area (Å²) < 4.78 is 5.32. The zero-order valence-electron chi connectivity index (χ0n) is 15.1. The number of aromatic nitrogens is 3. The molecule has 138 valence electrons. The van der Waals surface area contributed by atoms with E-state index in [4.69, 9.17) is 4.74 Å². The number of nitrogens with zero attached hydrogens (tertiary/aromatic N) is 3. The van der Waals surface area contributed by atoms with Crippen LogP contribution in [0.2, 0.25) is 0 Å². The van der Waals surface area contributed by atoms with Crippen molar-refractivity contribution >= 4 is 11.7 Å². The Bertz CT molecular complexity index is 886. The molecule has 0 unspecified atom stereocenters. The number of benzene rings is 1. The van der Waals surface area contributed by atoms with Crippen LogP contribution in [0.4, 0.5) is 5.82 Å². The highest BCUT2D eigenvalue weighted by Crippen LogP contribution is 2.17. The van der Waals surface area contributed by atoms with Crippen LogP contribution in [-0.2, 0) is 13.0 Å². The van der Waals surface area contributed by atoms with Crippen LogP contribution in [0.25, 0.3) is 0 Å². The topological polar surface area (TPSA) is 89.0 Å². The second kappa shape index (κ2) is 9.28. The summed E-state index contributed by atoms with van der Waals surface area (Å²) in [5.41, 5.74) is 2.44. The Morgan fingerprint density at radius 1 is 1.11 bits per heavy atom. The van der Waals surface area contributed by atoms with Gasteiger partial charge in [-0.25, -0.2) is 9.97 Å². The first kappa shape index (κ1) is 18.3. The summed E-state index contributed by atoms with van der Waals surface area (Å²) in [6, 6.07) is 13.2. The second-order valence-corrected chi connectivity index (χ2v) is 5.82. The van der Waals surface area contributed by atoms with Crippen LogP contribution < -0.4 is 15.4 Å². The normalized spacial score (nSPS) is 10.3. The molecule has 27 heavy (non-hydrogen) atoms. The quantitative estimate of drug-likeness (QED) is 0.639. The molecule has 0 saturated carbocycles. The van der Waals surface area contributed by atoms with Crippen molar-refractivity contribution in [1.82, 2.24) is 20.3 Å². The van der Waals surface area contributed by atoms with Crippen molar-refractivity contribution in [3.05, 3.63) is 78.0 Å². The average Bonchev–Trinajstić information content (AvgIpc) is 2.73. The van der Waals surface area contributed by atoms with Crippen LogP contribution >= 0.6 is 0 Å². The van der Waals surface area contributed by atoms with Gasteiger partial charge in [0.2, 0.25) is 0 Å². The number of hydrogen-bond donors (Lipinski definition) is 2. The number of rotatable bonds is 8. The molecule has 1 amide bonds. The zero-order chi connectivity index (χ0) is 18.9. The third-order valence-corrected chi connectivity index (χ3v) is 4.00. The Hall–Kier alpha value is -3.48. The molecule has 2 N–H and O–H groups in total. The fourth-order valence-electron chi connectivity index (χ4n) is 2.58. The summed E-state index contributed by atoms with van der Waals surface area (Å²) >= 11 is 0. The summed E-state index contributed by atoms with van der Waals surface area (Å²) in [6.07, 6.45) is 5.52. The van der Waals surface area contributed by atoms with Crippen LogP contribution in [0.1, 0.15) is 21.6 Å². The Morgan fingerprint density at radius 3 is 2.74 bits per heavy atom. The lowest BCUT2D eigenvalue weighted by Gasteiger charge is -2.09. The van der Waals surface area contributed by atoms with Gasteiger partial charge in [-0.15, -0.1) is 0 Å². The Kier molecular flexibility index (Phi) is 6.30. The molecule has 0 aliphatic carbocycles. The van der Waals surface area contributed by atoms with E-state index >= 15 is 0 Å². The maximum Gasteiger partial charge on any atom is 0.270 e. The molecule has 1 aromatic carbocycles. The first-order valence-electron chi connectivity index (χ1n) is 8.61. The molecule has 0 spiro atoms. The molecule has 0 atom stereocenters. The van der Waals surface area contributed by atoms with Gasteiger partial charge in [0.1, 0.15) is 23.6 Å². The van der Waals surface area contributed by atoms with Crippen molar-refractivity contribution in [3.8, 4) is 5.75 Å². The maximum absolute atomic E-state index is 12.3. The number of hydrogen-bond acceptors (Lipinski definition) is 6. The lowest BCUT2D eigenvalue weighted by molar-refractivity contribution is 0.0949. The molecule has 0 fully saturated rings. The van der Waals surface area contributed by atoms with Crippen molar-refractivity contribution in [2.75, 3.05) is 19.0 Å². The molecule has 0 aliphatic heterocycles. The van der Waals surface area contributed by atoms with Crippen LogP contribution in [0.3, 0.4) is 0 Å². The highest BCUT2D eigenvalue weighted by Gasteiger charge is 2.09. The van der Waals surface area contributed by atoms with Gasteiger partial charge in [-0.2, -0.15) is 0 Å². The van der Waals surface area contributed by atoms with E-state index in [2.05, 4.69) is 25.6 Å². The number of amides is 1. The summed E-state index contributed by atoms with van der Waals surface area (Å²) in [4.78, 5) is 24.5. The fraction of sp³-hybridized carbons (Fsp3) is 0.200. The van der Waals surface area contributed by atoms with Crippen molar-refractivity contribution in [2.45, 2.75) is 13.0 Å². The van der Waals surface area contributed by atoms with Crippen molar-refractivity contribution in [2.24, 2.45) is 0 Å². The standard InChI is InChI=1S/C20H21N5O2/c1-27-18-5-3-2-4-16(18)8-11-22-20(26)17-12-19(25-14-24-17)23-13-15-6-9-21-10-7-15/h2-7,9-10,12,14H,8,11,13H2,1H3,(H,22,26)(H,23,24,25). The molecule has 0 bridgehead atoms. The number of methoxy groups -OCH3 is 1. The van der Waals surface area contributed by atoms with E-state index in [1.807, 2.05) is 36.4 Å². The molecule has 0 radical (unpaired) electrons. The van der Waals surface area contributed by atoms with Gasteiger partial charge >= 0.3 is 0 Å². The first-order chi connectivity index (χ1) is 13.3. The van der Waals surface area contributed by atoms with E-state index in [0.29, 0.717) is 31.0 Å². The van der Waals surface area contributed by atoms with E-state index in [1.54, 1.807) is 25.6 Å². The molecule has 0 aliphatic rings. The third kappa shape index (κ3) is 5.24. The van der Waals surface area contributed by atoms with Gasteiger partial charge in [0.15, 0.2) is 0 Å². The molecule has 7 heteroatoms. The molecule has 2 aromatic heterocycles. The number of para-hydroxylation sites is 1. The molecule has 0 saturated heterocycles. The number of carbonyl (C=O) groups is 1. The minimum atomic E-state index is -0.237. The summed E-state index contributed by atoms with van der Waals surface area (Å²) in [7, 11) is 1.64. The maximum atomic E-state index is 12.3. The monoisotopic (exact) mass is 363 g/mol. The predicted octanol–water partition coefficient (Wildman–Crippen LogP) is 2.46. The minimum absolute atomic E-state index is 0.237. The summed E-state index contributed by atoms with van der Waals surface area (Å²) in [5.74, 6) is 1.17. The molecule has 3 aromatic rings. The average molecular weight is 363 g/mol. The summed E-state index contributed by atoms with van der Waals surface area (Å²) in [5, 5.41) is 6.06. The Balaban J connectivity index is 1.54. The highest BCUT2D eigenvalue weighted by atomic mass is 16.5. The van der Waals surface area contributed by atoms with Crippen molar-refractivity contribution in [1.29, 1.82) is 0 Å². The number of anilines is 1. The second-order valence-electron chi connectivity index (χ2n) is 5.82. The molecular weight excluding hydrogens is 342 g/mol. The number of carbonyl (C=O) groups excluding carboxylic acids is 1. The van der Waals surface area contributed by atoms with Gasteiger partial charge in [0, 0.05) is 31.5 Å². The van der Waals surface area contributed by atoms with Crippen LogP contribution in [0, 0.1) is 0 Å². The summed E-state index contributed by atoms with van der Waals surface area (Å²) in [6.45, 7) is 1.08. The minimum Gasteiger partial charge on any atom is -0.496 e. The van der Waals surface area contributed by atoms with E-state index in [-0.39, 0.29) is 5.91 Å². The first-order valence-corrected chi connectivity index (χ1v) is 8.61. The van der Waals surface area contributed by atoms with Crippen LogP contribution in [0.5, 0.6) is 5.75 Å². The van der Waals surface area contributed by atoms with Gasteiger partial charge in [0.25, 0.3) is 5.91 Å².